The Balaban J connectivity index is 4.83. The molecule has 300 valence electrons. The lowest BCUT2D eigenvalue weighted by Crippen LogP contribution is -2.38. The van der Waals surface area contributed by atoms with Gasteiger partial charge in [-0.25, -0.2) is 28.8 Å². The lowest BCUT2D eigenvalue weighted by Gasteiger charge is -2.22. The predicted octanol–water partition coefficient (Wildman–Crippen LogP) is 2.11. The molecular weight excluding hydrogens is 704 g/mol. The van der Waals surface area contributed by atoms with Crippen molar-refractivity contribution in [2.45, 2.75) is 52.9 Å². The molecule has 0 spiro atoms. The van der Waals surface area contributed by atoms with Gasteiger partial charge in [0.1, 0.15) is 26.4 Å². The topological polar surface area (TPSA) is 219 Å². The molecule has 0 radical (unpaired) electrons. The van der Waals surface area contributed by atoms with Gasteiger partial charge in [-0.2, -0.15) is 0 Å². The predicted molar refractivity (Wildman–Crippen MR) is 188 cm³/mol. The zero-order chi connectivity index (χ0) is 40.2. The van der Waals surface area contributed by atoms with Gasteiger partial charge in [0.25, 0.3) is 0 Å². The minimum Gasteiger partial charge on any atom is -0.460 e. The molecule has 3 unspecified atom stereocenters. The molecule has 0 bridgehead atoms. The molecule has 0 heterocycles. The van der Waals surface area contributed by atoms with Gasteiger partial charge in [0.2, 0.25) is 0 Å². The molecule has 2 N–H and O–H groups in total. The summed E-state index contributed by atoms with van der Waals surface area (Å²) in [6.07, 6.45) is -4.27. The molecule has 0 fully saturated rings. The second-order valence-corrected chi connectivity index (χ2v) is 11.4. The number of hydrogen-bond acceptors (Lipinski definition) is 16. The van der Waals surface area contributed by atoms with Crippen LogP contribution in [-0.2, 0) is 66.5 Å². The van der Waals surface area contributed by atoms with Crippen molar-refractivity contribution in [2.24, 2.45) is 0 Å². The minimum atomic E-state index is -1.01. The maximum Gasteiger partial charge on any atom is 0.407 e. The lowest BCUT2D eigenvalue weighted by atomic mass is 10.3. The van der Waals surface area contributed by atoms with E-state index in [4.69, 9.17) is 47.4 Å². The van der Waals surface area contributed by atoms with Crippen LogP contribution in [0.3, 0.4) is 0 Å². The highest BCUT2D eigenvalue weighted by molar-refractivity contribution is 5.88. The number of alkyl carbamates (subject to hydrolysis) is 2. The first-order chi connectivity index (χ1) is 25.0. The minimum absolute atomic E-state index is 0.0208. The van der Waals surface area contributed by atoms with Gasteiger partial charge in [-0.05, 0) is 34.6 Å². The summed E-state index contributed by atoms with van der Waals surface area (Å²) in [6, 6.07) is 0. The van der Waals surface area contributed by atoms with E-state index >= 15 is 0 Å². The third-order valence-corrected chi connectivity index (χ3v) is 5.92. The highest BCUT2D eigenvalue weighted by atomic mass is 16.6. The van der Waals surface area contributed by atoms with Crippen molar-refractivity contribution in [3.63, 3.8) is 0 Å². The molecule has 0 saturated heterocycles. The number of hydrogen-bond donors (Lipinski definition) is 2. The van der Waals surface area contributed by atoms with Gasteiger partial charge in [-0.1, -0.05) is 26.3 Å². The van der Waals surface area contributed by atoms with Crippen LogP contribution in [0.15, 0.2) is 48.6 Å². The number of rotatable bonds is 29. The van der Waals surface area contributed by atoms with Gasteiger partial charge in [0.05, 0.1) is 52.4 Å². The van der Waals surface area contributed by atoms with Gasteiger partial charge in [-0.3, -0.25) is 0 Å². The van der Waals surface area contributed by atoms with Crippen molar-refractivity contribution in [3.8, 4) is 0 Å². The molecule has 0 aromatic rings. The molecule has 53 heavy (non-hydrogen) atoms. The largest absolute Gasteiger partial charge is 0.460 e. The van der Waals surface area contributed by atoms with Crippen molar-refractivity contribution in [2.75, 3.05) is 85.8 Å². The van der Waals surface area contributed by atoms with Gasteiger partial charge in [0, 0.05) is 35.4 Å². The normalized spacial score (nSPS) is 12.2. The van der Waals surface area contributed by atoms with Crippen LogP contribution < -0.4 is 10.6 Å². The highest BCUT2D eigenvalue weighted by Crippen LogP contribution is 2.05. The van der Waals surface area contributed by atoms with Crippen LogP contribution in [-0.4, -0.2) is 140 Å². The van der Waals surface area contributed by atoms with E-state index < -0.39 is 54.4 Å². The summed E-state index contributed by atoms with van der Waals surface area (Å²) >= 11 is 0. The van der Waals surface area contributed by atoms with Crippen LogP contribution in [0.2, 0.25) is 0 Å². The average Bonchev–Trinajstić information content (AvgIpc) is 3.09. The summed E-state index contributed by atoms with van der Waals surface area (Å²) < 4.78 is 52.7. The molecule has 18 nitrogen and oxygen atoms in total. The van der Waals surface area contributed by atoms with Crippen molar-refractivity contribution in [1.29, 1.82) is 0 Å². The smallest absolute Gasteiger partial charge is 0.407 e. The van der Waals surface area contributed by atoms with Gasteiger partial charge >= 0.3 is 36.1 Å². The Hall–Kier alpha value is -4.78. The summed E-state index contributed by atoms with van der Waals surface area (Å²) in [5, 5.41) is 4.98. The first kappa shape index (κ1) is 48.2. The fourth-order valence-electron chi connectivity index (χ4n) is 3.17. The quantitative estimate of drug-likeness (QED) is 0.0483. The maximum absolute atomic E-state index is 12.4. The summed E-state index contributed by atoms with van der Waals surface area (Å²) in [4.78, 5) is 71.3. The Morgan fingerprint density at radius 3 is 1.25 bits per heavy atom. The molecule has 0 aliphatic rings. The third-order valence-electron chi connectivity index (χ3n) is 5.92. The molecule has 2 amide bonds. The first-order valence-corrected chi connectivity index (χ1v) is 16.6. The van der Waals surface area contributed by atoms with E-state index in [1.165, 1.54) is 27.7 Å². The Morgan fingerprint density at radius 1 is 0.472 bits per heavy atom. The Kier molecular flexibility index (Phi) is 26.2. The van der Waals surface area contributed by atoms with E-state index in [0.717, 1.165) is 0 Å². The van der Waals surface area contributed by atoms with E-state index in [-0.39, 0.29) is 108 Å². The SMILES string of the molecule is C=C(C)C(=O)OCCOCCNC(=O)OC(COCC(C)OCC(COC(=O)C(=C)C)OC(=O)NCCOCCOC(=O)C(=C)C)COC(=O)C(=C)C. The number of nitrogens with one attached hydrogen (secondary N) is 2. The number of amides is 2. The summed E-state index contributed by atoms with van der Waals surface area (Å²) in [6.45, 7) is 21.1. The fourth-order valence-corrected chi connectivity index (χ4v) is 3.17. The van der Waals surface area contributed by atoms with Crippen LogP contribution in [0.1, 0.15) is 34.6 Å². The zero-order valence-corrected chi connectivity index (χ0v) is 31.3. The third kappa shape index (κ3) is 26.6. The first-order valence-electron chi connectivity index (χ1n) is 16.6. The highest BCUT2D eigenvalue weighted by Gasteiger charge is 2.21. The second kappa shape index (κ2) is 28.8. The Bertz CT molecular complexity index is 1250. The van der Waals surface area contributed by atoms with Crippen LogP contribution in [0.5, 0.6) is 0 Å². The van der Waals surface area contributed by atoms with Crippen LogP contribution >= 0.6 is 0 Å². The van der Waals surface area contributed by atoms with Crippen molar-refractivity contribution in [3.05, 3.63) is 48.6 Å². The summed E-state index contributed by atoms with van der Waals surface area (Å²) in [5.74, 6) is -2.44. The van der Waals surface area contributed by atoms with Crippen LogP contribution in [0.25, 0.3) is 0 Å². The number of ether oxygens (including phenoxy) is 10. The van der Waals surface area contributed by atoms with Crippen LogP contribution in [0, 0.1) is 0 Å². The lowest BCUT2D eigenvalue weighted by molar-refractivity contribution is -0.145. The molecule has 0 aromatic carbocycles. The van der Waals surface area contributed by atoms with Crippen molar-refractivity contribution < 1.29 is 76.1 Å². The van der Waals surface area contributed by atoms with E-state index in [9.17, 15) is 28.8 Å². The van der Waals surface area contributed by atoms with E-state index in [1.54, 1.807) is 6.92 Å². The van der Waals surface area contributed by atoms with Crippen molar-refractivity contribution >= 4 is 36.1 Å². The van der Waals surface area contributed by atoms with Crippen molar-refractivity contribution in [1.82, 2.24) is 10.6 Å². The number of esters is 4. The zero-order valence-electron chi connectivity index (χ0n) is 31.3. The summed E-state index contributed by atoms with van der Waals surface area (Å²) in [5.41, 5.74) is 0.825. The van der Waals surface area contributed by atoms with Gasteiger partial charge in [-0.15, -0.1) is 0 Å². The molecule has 0 aliphatic carbocycles. The van der Waals surface area contributed by atoms with Gasteiger partial charge < -0.3 is 58.0 Å². The molecule has 3 atom stereocenters. The standard InChI is InChI=1S/C35H54N2O16/c1-23(2)30(38)47-16-14-44-12-10-36-34(42)52-28(21-50-32(40)25(5)6)19-46-18-27(9)49-20-29(22-51-33(41)26(7)8)53-35(43)37-11-13-45-15-17-48-31(39)24(3)4/h27-29H,1,3,5,7,10-22H2,2,4,6,8-9H3,(H,36,42)(H,37,43). The van der Waals surface area contributed by atoms with Gasteiger partial charge in [0.15, 0.2) is 12.2 Å². The monoisotopic (exact) mass is 758 g/mol. The Labute approximate surface area is 310 Å². The molecule has 18 heteroatoms. The number of carbonyl (C=O) groups is 6. The van der Waals surface area contributed by atoms with Crippen LogP contribution in [0.4, 0.5) is 9.59 Å². The molecule has 0 aromatic heterocycles. The fraction of sp³-hybridized carbons (Fsp3) is 0.600. The molecular formula is C35H54N2O16. The molecule has 0 saturated carbocycles. The van der Waals surface area contributed by atoms with E-state index in [0.29, 0.717) is 0 Å². The second-order valence-electron chi connectivity index (χ2n) is 11.4. The Morgan fingerprint density at radius 2 is 0.849 bits per heavy atom. The maximum atomic E-state index is 12.4. The molecule has 0 rings (SSSR count). The molecule has 0 aliphatic heterocycles. The van der Waals surface area contributed by atoms with E-state index in [2.05, 4.69) is 36.9 Å². The van der Waals surface area contributed by atoms with E-state index in [1.807, 2.05) is 0 Å². The summed E-state index contributed by atoms with van der Waals surface area (Å²) in [7, 11) is 0. The number of carbonyl (C=O) groups excluding carboxylic acids is 6. The average molecular weight is 759 g/mol.